The molecule has 1 aliphatic heterocycles. The van der Waals surface area contributed by atoms with Gasteiger partial charge in [0.1, 0.15) is 17.7 Å². The third kappa shape index (κ3) is 17.9. The van der Waals surface area contributed by atoms with Gasteiger partial charge in [0, 0.05) is 12.0 Å². The van der Waals surface area contributed by atoms with Crippen molar-refractivity contribution in [1.82, 2.24) is 10.6 Å². The number of Topliss-reactive ketones (excluding diaryl/α,β-unsaturated/α-hetero) is 1. The lowest BCUT2D eigenvalue weighted by molar-refractivity contribution is -0.386. The lowest BCUT2D eigenvalue weighted by atomic mass is 9.82. The van der Waals surface area contributed by atoms with E-state index in [0.29, 0.717) is 41.6 Å². The van der Waals surface area contributed by atoms with Gasteiger partial charge in [-0.1, -0.05) is 118 Å². The van der Waals surface area contributed by atoms with Gasteiger partial charge in [0.05, 0.1) is 16.0 Å². The SMILES string of the molecule is CCC(C)CCC1(CC(C)C)NC(c2ccccc2OC(F)(F)F)NC1=O.CCC(C)c1cc(C)c(-c2cc(C)cc(F)c2[N+](=O)[O-])c(C)c1.CCCC.CCCCC(C)=O. The molecule has 8 nitrogen and oxygen atoms in total. The molecule has 1 amide bonds. The van der Waals surface area contributed by atoms with E-state index in [1.165, 1.54) is 36.6 Å². The van der Waals surface area contributed by atoms with Gasteiger partial charge in [-0.3, -0.25) is 20.2 Å². The highest BCUT2D eigenvalue weighted by molar-refractivity contribution is 5.89. The van der Waals surface area contributed by atoms with E-state index >= 15 is 0 Å². The van der Waals surface area contributed by atoms with Crippen molar-refractivity contribution in [2.45, 2.75) is 178 Å². The summed E-state index contributed by atoms with van der Waals surface area (Å²) in [6.07, 6.45) is 4.25. The maximum Gasteiger partial charge on any atom is 0.573 e. The Labute approximate surface area is 363 Å². The molecule has 3 aromatic rings. The monoisotopic (exact) mass is 860 g/mol. The first-order valence-corrected chi connectivity index (χ1v) is 22.0. The number of benzene rings is 3. The number of rotatable bonds is 16. The number of para-hydroxylation sites is 1. The molecule has 1 fully saturated rings. The molecule has 0 aliphatic carbocycles. The number of alkyl halides is 3. The highest BCUT2D eigenvalue weighted by Crippen LogP contribution is 2.39. The number of nitrogens with zero attached hydrogens (tertiary/aromatic N) is 1. The Morgan fingerprint density at radius 2 is 1.51 bits per heavy atom. The van der Waals surface area contributed by atoms with E-state index in [1.807, 2.05) is 27.7 Å². The third-order valence-electron chi connectivity index (χ3n) is 10.9. The zero-order valence-electron chi connectivity index (χ0n) is 39.0. The van der Waals surface area contributed by atoms with E-state index in [1.54, 1.807) is 32.0 Å². The minimum Gasteiger partial charge on any atom is -0.405 e. The predicted molar refractivity (Wildman–Crippen MR) is 240 cm³/mol. The number of halogens is 4. The predicted octanol–water partition coefficient (Wildman–Crippen LogP) is 14.3. The molecule has 0 aromatic heterocycles. The average molecular weight is 860 g/mol. The van der Waals surface area contributed by atoms with Crippen LogP contribution in [0.3, 0.4) is 0 Å². The van der Waals surface area contributed by atoms with Gasteiger partial charge < -0.3 is 14.8 Å². The number of nitro groups is 1. The number of nitro benzene ring substituents is 1. The normalized spacial score (nSPS) is 16.8. The molecule has 1 saturated heterocycles. The fourth-order valence-corrected chi connectivity index (χ4v) is 7.05. The van der Waals surface area contributed by atoms with Crippen LogP contribution in [0.5, 0.6) is 5.75 Å². The van der Waals surface area contributed by atoms with Gasteiger partial charge in [0.25, 0.3) is 0 Å². The number of amides is 1. The van der Waals surface area contributed by atoms with Crippen LogP contribution in [0.4, 0.5) is 23.2 Å². The van der Waals surface area contributed by atoms with Crippen LogP contribution in [0.15, 0.2) is 48.5 Å². The summed E-state index contributed by atoms with van der Waals surface area (Å²) in [5, 5.41) is 17.5. The van der Waals surface area contributed by atoms with Crippen molar-refractivity contribution in [3.63, 3.8) is 0 Å². The molecule has 12 heteroatoms. The van der Waals surface area contributed by atoms with Crippen LogP contribution in [-0.4, -0.2) is 28.5 Å². The molecule has 1 heterocycles. The molecule has 3 aromatic carbocycles. The first-order valence-electron chi connectivity index (χ1n) is 22.0. The Morgan fingerprint density at radius 1 is 0.918 bits per heavy atom. The first-order chi connectivity index (χ1) is 28.5. The van der Waals surface area contributed by atoms with Crippen molar-refractivity contribution in [1.29, 1.82) is 0 Å². The highest BCUT2D eigenvalue weighted by atomic mass is 19.4. The van der Waals surface area contributed by atoms with Gasteiger partial charge in [-0.25, -0.2) is 0 Å². The topological polar surface area (TPSA) is 111 Å². The summed E-state index contributed by atoms with van der Waals surface area (Å²) in [7, 11) is 0. The Balaban J connectivity index is 0.000000494. The molecule has 1 aliphatic rings. The smallest absolute Gasteiger partial charge is 0.405 e. The summed E-state index contributed by atoms with van der Waals surface area (Å²) < 4.78 is 56.5. The standard InChI is InChI=1S/C20H29F3N2O2.C19H22FNO2.C6H12O.C4H10/c1-5-14(4)10-11-19(12-13(2)3)18(26)24-17(25-19)15-8-6-7-9-16(15)27-20(21,22)23;1-6-12(3)15-9-13(4)18(14(5)10-15)16-7-11(2)8-17(20)19(16)21(22)23;1-3-4-5-6(2)7;1-3-4-2/h6-9,13-14,17,25H,5,10-12H2,1-4H3,(H,24,26);7-10,12H,6H2,1-5H3;3-5H2,1-2H3;3-4H2,1-2H3. The van der Waals surface area contributed by atoms with Gasteiger partial charge in [0.2, 0.25) is 11.7 Å². The average Bonchev–Trinajstić information content (AvgIpc) is 3.49. The van der Waals surface area contributed by atoms with Crippen LogP contribution in [0.25, 0.3) is 11.1 Å². The zero-order valence-corrected chi connectivity index (χ0v) is 39.0. The molecular formula is C49H73F4N3O5. The first kappa shape index (κ1) is 54.7. The Kier molecular flexibility index (Phi) is 23.5. The number of ketones is 1. The molecule has 342 valence electrons. The highest BCUT2D eigenvalue weighted by Gasteiger charge is 2.47. The van der Waals surface area contributed by atoms with Crippen LogP contribution >= 0.6 is 0 Å². The number of aryl methyl sites for hydroxylation is 3. The van der Waals surface area contributed by atoms with Crippen molar-refractivity contribution >= 4 is 17.4 Å². The van der Waals surface area contributed by atoms with Crippen LogP contribution in [-0.2, 0) is 9.59 Å². The van der Waals surface area contributed by atoms with E-state index in [-0.39, 0.29) is 23.1 Å². The number of ether oxygens (including phenoxy) is 1. The molecule has 4 rings (SSSR count). The van der Waals surface area contributed by atoms with Gasteiger partial charge in [-0.05, 0) is 124 Å². The van der Waals surface area contributed by atoms with Crippen LogP contribution in [0.2, 0.25) is 0 Å². The van der Waals surface area contributed by atoms with Crippen LogP contribution in [0, 0.1) is 48.5 Å². The molecule has 61 heavy (non-hydrogen) atoms. The second kappa shape index (κ2) is 26.2. The Hall–Kier alpha value is -4.32. The number of hydrogen-bond acceptors (Lipinski definition) is 6. The van der Waals surface area contributed by atoms with Gasteiger partial charge in [-0.15, -0.1) is 13.2 Å². The minimum atomic E-state index is -4.79. The molecular weight excluding hydrogens is 787 g/mol. The third-order valence-corrected chi connectivity index (χ3v) is 10.9. The number of nitrogens with one attached hydrogen (secondary N) is 2. The fourth-order valence-electron chi connectivity index (χ4n) is 7.05. The Morgan fingerprint density at radius 3 is 1.97 bits per heavy atom. The maximum atomic E-state index is 14.1. The summed E-state index contributed by atoms with van der Waals surface area (Å²) in [4.78, 5) is 33.8. The lowest BCUT2D eigenvalue weighted by Crippen LogP contribution is -2.48. The number of carbonyl (C=O) groups is 2. The van der Waals surface area contributed by atoms with E-state index in [9.17, 15) is 37.3 Å². The van der Waals surface area contributed by atoms with E-state index in [4.69, 9.17) is 0 Å². The van der Waals surface area contributed by atoms with E-state index in [2.05, 4.69) is 76.0 Å². The molecule has 4 unspecified atom stereocenters. The van der Waals surface area contributed by atoms with E-state index in [0.717, 1.165) is 55.2 Å². The van der Waals surface area contributed by atoms with Crippen LogP contribution < -0.4 is 15.4 Å². The van der Waals surface area contributed by atoms with Gasteiger partial charge in [-0.2, -0.15) is 4.39 Å². The second-order valence-corrected chi connectivity index (χ2v) is 16.9. The lowest BCUT2D eigenvalue weighted by Gasteiger charge is -2.30. The number of carbonyl (C=O) groups excluding carboxylic acids is 2. The van der Waals surface area contributed by atoms with Crippen molar-refractivity contribution in [3.8, 4) is 16.9 Å². The summed E-state index contributed by atoms with van der Waals surface area (Å²) in [6.45, 7) is 26.3. The summed E-state index contributed by atoms with van der Waals surface area (Å²) in [6, 6.07) is 12.9. The summed E-state index contributed by atoms with van der Waals surface area (Å²) in [5.74, 6) is 0.225. The fraction of sp³-hybridized carbons (Fsp3) is 0.592. The van der Waals surface area contributed by atoms with Crippen molar-refractivity contribution in [2.75, 3.05) is 0 Å². The van der Waals surface area contributed by atoms with Crippen molar-refractivity contribution in [2.24, 2.45) is 11.8 Å². The number of unbranched alkanes of at least 4 members (excludes halogenated alkanes) is 2. The van der Waals surface area contributed by atoms with Crippen molar-refractivity contribution < 1.29 is 36.8 Å². The number of hydrogen-bond donors (Lipinski definition) is 2. The molecule has 0 spiro atoms. The largest absolute Gasteiger partial charge is 0.573 e. The summed E-state index contributed by atoms with van der Waals surface area (Å²) >= 11 is 0. The van der Waals surface area contributed by atoms with Gasteiger partial charge >= 0.3 is 12.0 Å². The zero-order chi connectivity index (χ0) is 46.7. The summed E-state index contributed by atoms with van der Waals surface area (Å²) in [5.41, 5.74) is 3.92. The minimum absolute atomic E-state index is 0.161. The van der Waals surface area contributed by atoms with Gasteiger partial charge in [0.15, 0.2) is 0 Å². The van der Waals surface area contributed by atoms with Crippen molar-refractivity contribution in [3.05, 3.63) is 92.3 Å². The quantitative estimate of drug-likeness (QED) is 0.0843. The molecule has 0 saturated carbocycles. The molecule has 2 N–H and O–H groups in total. The molecule has 4 atom stereocenters. The Bertz CT molecular complexity index is 1820. The van der Waals surface area contributed by atoms with E-state index < -0.39 is 34.5 Å². The van der Waals surface area contributed by atoms with Crippen LogP contribution in [0.1, 0.15) is 173 Å². The maximum absolute atomic E-state index is 14.1. The second-order valence-electron chi connectivity index (χ2n) is 16.9. The molecule has 0 bridgehead atoms. The molecule has 0 radical (unpaired) electrons.